The van der Waals surface area contributed by atoms with Crippen molar-refractivity contribution in [3.63, 3.8) is 0 Å². The van der Waals surface area contributed by atoms with Crippen LogP contribution in [0, 0.1) is 11.3 Å². The van der Waals surface area contributed by atoms with E-state index in [1.165, 1.54) is 0 Å². The highest BCUT2D eigenvalue weighted by Crippen LogP contribution is 2.21. The molecule has 1 amide bonds. The number of H-pyrrole nitrogens is 1. The molecule has 0 aliphatic heterocycles. The summed E-state index contributed by atoms with van der Waals surface area (Å²) in [5.41, 5.74) is 2.54. The Kier molecular flexibility index (Phi) is 5.33. The van der Waals surface area contributed by atoms with Crippen molar-refractivity contribution in [3.8, 4) is 6.07 Å². The van der Waals surface area contributed by atoms with Gasteiger partial charge in [-0.25, -0.2) is 4.79 Å². The number of ether oxygens (including phenoxy) is 1. The van der Waals surface area contributed by atoms with Crippen molar-refractivity contribution in [2.24, 2.45) is 0 Å². The summed E-state index contributed by atoms with van der Waals surface area (Å²) in [4.78, 5) is 27.2. The number of carbonyl (C=O) groups is 2. The molecular formula is C21H17N3O3. The van der Waals surface area contributed by atoms with Gasteiger partial charge in [0, 0.05) is 28.4 Å². The van der Waals surface area contributed by atoms with Gasteiger partial charge in [0.2, 0.25) is 0 Å². The Labute approximate surface area is 156 Å². The van der Waals surface area contributed by atoms with Gasteiger partial charge >= 0.3 is 5.97 Å². The lowest BCUT2D eigenvalue weighted by Gasteiger charge is -2.06. The molecule has 6 heteroatoms. The van der Waals surface area contributed by atoms with Crippen LogP contribution in [-0.2, 0) is 9.53 Å². The minimum Gasteiger partial charge on any atom is -0.462 e. The summed E-state index contributed by atoms with van der Waals surface area (Å²) in [5, 5.41) is 13.0. The lowest BCUT2D eigenvalue weighted by atomic mass is 10.1. The standard InChI is InChI=1S/C21H17N3O3/c1-2-27-21(26)14-7-9-17(10-8-14)24-20(25)15(12-22)11-16-13-23-19-6-4-3-5-18(16)19/h3-11,13,23H,2H2,1H3,(H,24,25)/b15-11+. The van der Waals surface area contributed by atoms with Crippen LogP contribution in [0.3, 0.4) is 0 Å². The van der Waals surface area contributed by atoms with Crippen LogP contribution >= 0.6 is 0 Å². The van der Waals surface area contributed by atoms with E-state index in [0.717, 1.165) is 16.5 Å². The van der Waals surface area contributed by atoms with Gasteiger partial charge in [-0.3, -0.25) is 4.79 Å². The number of fused-ring (bicyclic) bond motifs is 1. The van der Waals surface area contributed by atoms with Gasteiger partial charge in [-0.1, -0.05) is 18.2 Å². The highest BCUT2D eigenvalue weighted by Gasteiger charge is 2.12. The molecule has 6 nitrogen and oxygen atoms in total. The normalized spacial score (nSPS) is 11.0. The zero-order valence-corrected chi connectivity index (χ0v) is 14.7. The number of aromatic nitrogens is 1. The third-order valence-corrected chi connectivity index (χ3v) is 3.94. The molecule has 2 N–H and O–H groups in total. The maximum absolute atomic E-state index is 12.4. The van der Waals surface area contributed by atoms with Crippen molar-refractivity contribution in [1.29, 1.82) is 5.26 Å². The molecule has 1 heterocycles. The largest absolute Gasteiger partial charge is 0.462 e. The third kappa shape index (κ3) is 4.05. The predicted octanol–water partition coefficient (Wildman–Crippen LogP) is 3.89. The zero-order valence-electron chi connectivity index (χ0n) is 14.7. The zero-order chi connectivity index (χ0) is 19.2. The van der Waals surface area contributed by atoms with Crippen molar-refractivity contribution >= 4 is 34.5 Å². The van der Waals surface area contributed by atoms with Crippen LogP contribution in [0.4, 0.5) is 5.69 Å². The summed E-state index contributed by atoms with van der Waals surface area (Å²) in [5.74, 6) is -0.945. The van der Waals surface area contributed by atoms with Crippen LogP contribution in [0.5, 0.6) is 0 Å². The fourth-order valence-corrected chi connectivity index (χ4v) is 2.62. The third-order valence-electron chi connectivity index (χ3n) is 3.94. The van der Waals surface area contributed by atoms with Crippen molar-refractivity contribution in [2.45, 2.75) is 6.92 Å². The van der Waals surface area contributed by atoms with E-state index in [-0.39, 0.29) is 5.57 Å². The molecule has 0 saturated carbocycles. The number of amides is 1. The lowest BCUT2D eigenvalue weighted by Crippen LogP contribution is -2.13. The molecule has 0 atom stereocenters. The van der Waals surface area contributed by atoms with Crippen molar-refractivity contribution in [3.05, 3.63) is 71.4 Å². The predicted molar refractivity (Wildman–Crippen MR) is 103 cm³/mol. The first kappa shape index (κ1) is 18.0. The molecule has 2 aromatic carbocycles. The molecule has 0 saturated heterocycles. The fourth-order valence-electron chi connectivity index (χ4n) is 2.62. The first-order valence-electron chi connectivity index (χ1n) is 8.39. The molecule has 0 aliphatic rings. The lowest BCUT2D eigenvalue weighted by molar-refractivity contribution is -0.112. The Morgan fingerprint density at radius 3 is 2.63 bits per heavy atom. The Balaban J connectivity index is 1.78. The van der Waals surface area contributed by atoms with Crippen LogP contribution in [0.2, 0.25) is 0 Å². The Morgan fingerprint density at radius 1 is 1.19 bits per heavy atom. The summed E-state index contributed by atoms with van der Waals surface area (Å²) in [6.07, 6.45) is 3.30. The monoisotopic (exact) mass is 359 g/mol. The van der Waals surface area contributed by atoms with Gasteiger partial charge in [0.25, 0.3) is 5.91 Å². The van der Waals surface area contributed by atoms with Gasteiger partial charge in [0.1, 0.15) is 11.6 Å². The summed E-state index contributed by atoms with van der Waals surface area (Å²) >= 11 is 0. The number of hydrogen-bond donors (Lipinski definition) is 2. The molecule has 134 valence electrons. The molecule has 27 heavy (non-hydrogen) atoms. The van der Waals surface area contributed by atoms with E-state index >= 15 is 0 Å². The number of para-hydroxylation sites is 1. The molecule has 0 fully saturated rings. The van der Waals surface area contributed by atoms with Crippen molar-refractivity contribution in [2.75, 3.05) is 11.9 Å². The number of benzene rings is 2. The Morgan fingerprint density at radius 2 is 1.93 bits per heavy atom. The van der Waals surface area contributed by atoms with E-state index in [0.29, 0.717) is 17.9 Å². The maximum Gasteiger partial charge on any atom is 0.338 e. The van der Waals surface area contributed by atoms with Gasteiger partial charge in [0.05, 0.1) is 12.2 Å². The second kappa shape index (κ2) is 8.02. The molecule has 0 radical (unpaired) electrons. The maximum atomic E-state index is 12.4. The number of nitriles is 1. The first-order chi connectivity index (χ1) is 13.1. The summed E-state index contributed by atoms with van der Waals surface area (Å²) in [7, 11) is 0. The van der Waals surface area contributed by atoms with E-state index in [9.17, 15) is 14.9 Å². The van der Waals surface area contributed by atoms with E-state index in [2.05, 4.69) is 10.3 Å². The molecular weight excluding hydrogens is 342 g/mol. The SMILES string of the molecule is CCOC(=O)c1ccc(NC(=O)/C(C#N)=C/c2c[nH]c3ccccc23)cc1. The molecule has 0 aliphatic carbocycles. The van der Waals surface area contributed by atoms with E-state index in [1.807, 2.05) is 30.3 Å². The highest BCUT2D eigenvalue weighted by molar-refractivity contribution is 6.10. The van der Waals surface area contributed by atoms with Gasteiger partial charge in [-0.05, 0) is 43.3 Å². The van der Waals surface area contributed by atoms with Crippen molar-refractivity contribution in [1.82, 2.24) is 4.98 Å². The van der Waals surface area contributed by atoms with Crippen LogP contribution in [0.25, 0.3) is 17.0 Å². The molecule has 1 aromatic heterocycles. The Hall–Kier alpha value is -3.85. The first-order valence-corrected chi connectivity index (χ1v) is 8.39. The summed E-state index contributed by atoms with van der Waals surface area (Å²) < 4.78 is 4.92. The van der Waals surface area contributed by atoms with Crippen LogP contribution in [0.1, 0.15) is 22.8 Å². The van der Waals surface area contributed by atoms with Gasteiger partial charge in [0.15, 0.2) is 0 Å². The van der Waals surface area contributed by atoms with Gasteiger partial charge in [-0.15, -0.1) is 0 Å². The average molecular weight is 359 g/mol. The van der Waals surface area contributed by atoms with Crippen LogP contribution in [0.15, 0.2) is 60.3 Å². The minimum atomic E-state index is -0.522. The van der Waals surface area contributed by atoms with Crippen LogP contribution in [-0.4, -0.2) is 23.5 Å². The number of anilines is 1. The number of aromatic amines is 1. The highest BCUT2D eigenvalue weighted by atomic mass is 16.5. The van der Waals surface area contributed by atoms with Gasteiger partial charge in [-0.2, -0.15) is 5.26 Å². The second-order valence-electron chi connectivity index (χ2n) is 5.71. The number of esters is 1. The minimum absolute atomic E-state index is 0.0192. The number of rotatable bonds is 5. The number of carbonyl (C=O) groups excluding carboxylic acids is 2. The topological polar surface area (TPSA) is 95.0 Å². The molecule has 0 spiro atoms. The summed E-state index contributed by atoms with van der Waals surface area (Å²) in [6.45, 7) is 2.03. The number of nitrogens with zero attached hydrogens (tertiary/aromatic N) is 1. The van der Waals surface area contributed by atoms with Gasteiger partial charge < -0.3 is 15.0 Å². The smallest absolute Gasteiger partial charge is 0.338 e. The van der Waals surface area contributed by atoms with E-state index in [4.69, 9.17) is 4.74 Å². The Bertz CT molecular complexity index is 1060. The van der Waals surface area contributed by atoms with E-state index in [1.54, 1.807) is 43.5 Å². The van der Waals surface area contributed by atoms with E-state index < -0.39 is 11.9 Å². The fraction of sp³-hybridized carbons (Fsp3) is 0.0952. The molecule has 3 aromatic rings. The molecule has 0 unspecified atom stereocenters. The summed E-state index contributed by atoms with van der Waals surface area (Å²) in [6, 6.07) is 15.9. The molecule has 3 rings (SSSR count). The second-order valence-corrected chi connectivity index (χ2v) is 5.71. The molecule has 0 bridgehead atoms. The van der Waals surface area contributed by atoms with Crippen molar-refractivity contribution < 1.29 is 14.3 Å². The average Bonchev–Trinajstić information content (AvgIpc) is 3.09. The number of hydrogen-bond acceptors (Lipinski definition) is 4. The number of nitrogens with one attached hydrogen (secondary N) is 2. The quantitative estimate of drug-likeness (QED) is 0.410. The van der Waals surface area contributed by atoms with Crippen LogP contribution < -0.4 is 5.32 Å².